The summed E-state index contributed by atoms with van der Waals surface area (Å²) in [6.07, 6.45) is 7.08. The minimum absolute atomic E-state index is 0.184. The van der Waals surface area contributed by atoms with Crippen molar-refractivity contribution in [3.63, 3.8) is 0 Å². The smallest absolute Gasteiger partial charge is 0.309 e. The molecule has 4 heteroatoms. The van der Waals surface area contributed by atoms with E-state index in [1.165, 1.54) is 29.5 Å². The van der Waals surface area contributed by atoms with Crippen molar-refractivity contribution in [1.29, 1.82) is 0 Å². The van der Waals surface area contributed by atoms with E-state index in [1.54, 1.807) is 0 Å². The van der Waals surface area contributed by atoms with Crippen LogP contribution in [0.25, 0.3) is 6.08 Å². The van der Waals surface area contributed by atoms with Crippen LogP contribution in [0.2, 0.25) is 0 Å². The summed E-state index contributed by atoms with van der Waals surface area (Å²) >= 11 is 0. The summed E-state index contributed by atoms with van der Waals surface area (Å²) in [5, 5.41) is 9.02. The van der Waals surface area contributed by atoms with Gasteiger partial charge >= 0.3 is 5.97 Å². The van der Waals surface area contributed by atoms with Crippen LogP contribution in [0.5, 0.6) is 5.75 Å². The van der Waals surface area contributed by atoms with E-state index in [4.69, 9.17) is 9.84 Å². The molecule has 0 saturated carbocycles. The van der Waals surface area contributed by atoms with Crippen molar-refractivity contribution in [2.24, 2.45) is 11.8 Å². The van der Waals surface area contributed by atoms with Crippen LogP contribution >= 0.6 is 0 Å². The molecule has 3 rings (SSSR count). The van der Waals surface area contributed by atoms with E-state index in [1.807, 2.05) is 0 Å². The molecule has 1 N–H and O–H groups in total. The Balaban J connectivity index is 1.62. The van der Waals surface area contributed by atoms with Gasteiger partial charge in [-0.2, -0.15) is 0 Å². The molecule has 1 aromatic rings. The van der Waals surface area contributed by atoms with E-state index in [0.717, 1.165) is 25.1 Å². The number of rotatable bonds is 8. The Bertz CT molecular complexity index is 676. The monoisotopic (exact) mass is 357 g/mol. The third-order valence-electron chi connectivity index (χ3n) is 5.63. The van der Waals surface area contributed by atoms with E-state index in [9.17, 15) is 4.79 Å². The van der Waals surface area contributed by atoms with Gasteiger partial charge in [-0.15, -0.1) is 0 Å². The summed E-state index contributed by atoms with van der Waals surface area (Å²) in [7, 11) is 0. The van der Waals surface area contributed by atoms with Crippen molar-refractivity contribution in [3.05, 3.63) is 34.9 Å². The lowest BCUT2D eigenvalue weighted by molar-refractivity contribution is -0.147. The van der Waals surface area contributed by atoms with Gasteiger partial charge in [0.1, 0.15) is 5.75 Å². The number of unbranched alkanes of at least 4 members (excludes halogenated alkanes) is 1. The van der Waals surface area contributed by atoms with Gasteiger partial charge in [-0.05, 0) is 48.9 Å². The number of carbonyl (C=O) groups is 1. The Labute approximate surface area is 156 Å². The lowest BCUT2D eigenvalue weighted by atomic mass is 9.83. The molecule has 1 aliphatic heterocycles. The molecule has 1 saturated heterocycles. The van der Waals surface area contributed by atoms with Crippen molar-refractivity contribution >= 4 is 12.0 Å². The molecule has 142 valence electrons. The molecule has 0 radical (unpaired) electrons. The van der Waals surface area contributed by atoms with E-state index in [0.29, 0.717) is 19.0 Å². The first-order valence-electron chi connectivity index (χ1n) is 9.91. The van der Waals surface area contributed by atoms with Crippen LogP contribution in [0.15, 0.2) is 23.8 Å². The molecular weight excluding hydrogens is 326 g/mol. The minimum atomic E-state index is -0.669. The molecule has 1 unspecified atom stereocenters. The first-order chi connectivity index (χ1) is 12.5. The molecule has 1 aliphatic carbocycles. The molecule has 1 heterocycles. The van der Waals surface area contributed by atoms with Crippen LogP contribution in [0, 0.1) is 11.8 Å². The van der Waals surface area contributed by atoms with Crippen LogP contribution in [-0.2, 0) is 11.2 Å². The largest absolute Gasteiger partial charge is 0.491 e. The van der Waals surface area contributed by atoms with Crippen molar-refractivity contribution in [2.75, 3.05) is 19.6 Å². The van der Waals surface area contributed by atoms with E-state index in [-0.39, 0.29) is 12.0 Å². The van der Waals surface area contributed by atoms with Crippen molar-refractivity contribution in [1.82, 2.24) is 4.90 Å². The zero-order chi connectivity index (χ0) is 18.7. The van der Waals surface area contributed by atoms with Crippen LogP contribution in [-0.4, -0.2) is 41.7 Å². The van der Waals surface area contributed by atoms with Crippen molar-refractivity contribution in [3.8, 4) is 5.75 Å². The standard InChI is InChI=1S/C22H31NO3/c1-4-5-6-16(3)26-21-8-7-17-10-19(15(2)9-18(17)11-21)12-23-13-20(14-23)22(24)25/h7-8,10-11,15-16,20H,4-6,9,12-14H2,1-3H3,(H,24,25)/t15-,16?/m1/s1. The Morgan fingerprint density at radius 3 is 2.85 bits per heavy atom. The highest BCUT2D eigenvalue weighted by molar-refractivity contribution is 5.71. The number of benzene rings is 1. The van der Waals surface area contributed by atoms with Gasteiger partial charge < -0.3 is 9.84 Å². The predicted octanol–water partition coefficient (Wildman–Crippen LogP) is 4.24. The fourth-order valence-electron chi connectivity index (χ4n) is 3.87. The molecule has 2 atom stereocenters. The first kappa shape index (κ1) is 19.0. The number of nitrogens with zero attached hydrogens (tertiary/aromatic N) is 1. The lowest BCUT2D eigenvalue weighted by Crippen LogP contribution is -2.51. The molecule has 0 spiro atoms. The third kappa shape index (κ3) is 4.47. The first-order valence-corrected chi connectivity index (χ1v) is 9.91. The van der Waals surface area contributed by atoms with Gasteiger partial charge in [0.15, 0.2) is 0 Å². The second-order valence-electron chi connectivity index (χ2n) is 7.98. The van der Waals surface area contributed by atoms with Crippen LogP contribution in [0.1, 0.15) is 51.2 Å². The average molecular weight is 357 g/mol. The summed E-state index contributed by atoms with van der Waals surface area (Å²) in [6.45, 7) is 8.85. The number of aliphatic carboxylic acids is 1. The average Bonchev–Trinajstić information content (AvgIpc) is 2.55. The molecule has 0 bridgehead atoms. The highest BCUT2D eigenvalue weighted by Crippen LogP contribution is 2.32. The Hall–Kier alpha value is -1.81. The molecule has 0 aromatic heterocycles. The Morgan fingerprint density at radius 1 is 1.38 bits per heavy atom. The summed E-state index contributed by atoms with van der Waals surface area (Å²) < 4.78 is 6.09. The maximum Gasteiger partial charge on any atom is 0.309 e. The lowest BCUT2D eigenvalue weighted by Gasteiger charge is -2.38. The molecule has 0 amide bonds. The predicted molar refractivity (Wildman–Crippen MR) is 104 cm³/mol. The highest BCUT2D eigenvalue weighted by Gasteiger charge is 2.33. The second kappa shape index (κ2) is 8.26. The summed E-state index contributed by atoms with van der Waals surface area (Å²) in [5.74, 6) is 0.608. The molecular formula is C22H31NO3. The second-order valence-corrected chi connectivity index (χ2v) is 7.98. The number of fused-ring (bicyclic) bond motifs is 1. The van der Waals surface area contributed by atoms with E-state index >= 15 is 0 Å². The maximum absolute atomic E-state index is 11.0. The zero-order valence-electron chi connectivity index (χ0n) is 16.2. The number of hydrogen-bond acceptors (Lipinski definition) is 3. The van der Waals surface area contributed by atoms with Gasteiger partial charge in [0.2, 0.25) is 0 Å². The summed E-state index contributed by atoms with van der Waals surface area (Å²) in [6, 6.07) is 6.44. The summed E-state index contributed by atoms with van der Waals surface area (Å²) in [4.78, 5) is 13.2. The highest BCUT2D eigenvalue weighted by atomic mass is 16.5. The molecule has 2 aliphatic rings. The topological polar surface area (TPSA) is 49.8 Å². The zero-order valence-corrected chi connectivity index (χ0v) is 16.2. The van der Waals surface area contributed by atoms with Gasteiger partial charge in [-0.25, -0.2) is 0 Å². The third-order valence-corrected chi connectivity index (χ3v) is 5.63. The van der Waals surface area contributed by atoms with Gasteiger partial charge in [-0.1, -0.05) is 44.4 Å². The minimum Gasteiger partial charge on any atom is -0.491 e. The van der Waals surface area contributed by atoms with Gasteiger partial charge in [0, 0.05) is 19.6 Å². The molecule has 1 aromatic carbocycles. The Morgan fingerprint density at radius 2 is 2.15 bits per heavy atom. The number of ether oxygens (including phenoxy) is 1. The number of carboxylic acid groups (broad SMARTS) is 1. The van der Waals surface area contributed by atoms with Gasteiger partial charge in [0.05, 0.1) is 12.0 Å². The number of carboxylic acids is 1. The number of hydrogen-bond donors (Lipinski definition) is 1. The maximum atomic E-state index is 11.0. The van der Waals surface area contributed by atoms with Crippen molar-refractivity contribution in [2.45, 2.75) is 52.6 Å². The van der Waals surface area contributed by atoms with Crippen LogP contribution in [0.4, 0.5) is 0 Å². The Kier molecular flexibility index (Phi) is 6.02. The fourth-order valence-corrected chi connectivity index (χ4v) is 3.87. The van der Waals surface area contributed by atoms with Gasteiger partial charge in [0.25, 0.3) is 0 Å². The van der Waals surface area contributed by atoms with Crippen molar-refractivity contribution < 1.29 is 14.6 Å². The van der Waals surface area contributed by atoms with Crippen LogP contribution < -0.4 is 4.74 Å². The van der Waals surface area contributed by atoms with E-state index in [2.05, 4.69) is 49.9 Å². The number of likely N-dealkylation sites (tertiary alicyclic amines) is 1. The fraction of sp³-hybridized carbons (Fsp3) is 0.591. The van der Waals surface area contributed by atoms with Gasteiger partial charge in [-0.3, -0.25) is 9.69 Å². The van der Waals surface area contributed by atoms with E-state index < -0.39 is 5.97 Å². The molecule has 26 heavy (non-hydrogen) atoms. The van der Waals surface area contributed by atoms with Crippen LogP contribution in [0.3, 0.4) is 0 Å². The quantitative estimate of drug-likeness (QED) is 0.756. The SMILES string of the molecule is CCCCC(C)Oc1ccc2c(c1)C[C@@H](C)C(CN1CC(C(=O)O)C1)=C2. The molecule has 1 fully saturated rings. The molecule has 4 nitrogen and oxygen atoms in total. The summed E-state index contributed by atoms with van der Waals surface area (Å²) in [5.41, 5.74) is 4.04. The normalized spacial score (nSPS) is 21.5.